The summed E-state index contributed by atoms with van der Waals surface area (Å²) in [7, 11) is -4.53. The Morgan fingerprint density at radius 2 is 1.50 bits per heavy atom. The lowest BCUT2D eigenvalue weighted by Gasteiger charge is -2.20. The molecule has 0 aliphatic heterocycles. The van der Waals surface area contributed by atoms with Crippen molar-refractivity contribution in [1.82, 2.24) is 0 Å². The van der Waals surface area contributed by atoms with E-state index in [-0.39, 0.29) is 10.5 Å². The molecule has 1 unspecified atom stereocenters. The largest absolute Gasteiger partial charge is 0.420 e. The summed E-state index contributed by atoms with van der Waals surface area (Å²) in [5.41, 5.74) is 0.514. The van der Waals surface area contributed by atoms with E-state index >= 15 is 0 Å². The minimum Gasteiger partial charge on any atom is -0.248 e. The van der Waals surface area contributed by atoms with Crippen molar-refractivity contribution < 1.29 is 25.8 Å². The SMILES string of the molecule is Cc1ccc(S(=O)(=O)OC(c2ccccc2)C(F)(F)F)cc1. The van der Waals surface area contributed by atoms with E-state index in [0.29, 0.717) is 0 Å². The molecular formula is C15H13F3O3S. The Hall–Kier alpha value is -1.86. The van der Waals surface area contributed by atoms with Gasteiger partial charge in [-0.05, 0) is 24.6 Å². The minimum atomic E-state index is -4.85. The van der Waals surface area contributed by atoms with Crippen LogP contribution in [0.15, 0.2) is 59.5 Å². The fourth-order valence-corrected chi connectivity index (χ4v) is 2.87. The predicted molar refractivity (Wildman–Crippen MR) is 74.7 cm³/mol. The Bertz CT molecular complexity index is 723. The van der Waals surface area contributed by atoms with Crippen LogP contribution in [0.1, 0.15) is 17.2 Å². The third-order valence-corrected chi connectivity index (χ3v) is 4.23. The molecule has 1 atom stereocenters. The van der Waals surface area contributed by atoms with Crippen LogP contribution >= 0.6 is 0 Å². The maximum Gasteiger partial charge on any atom is 0.420 e. The van der Waals surface area contributed by atoms with E-state index < -0.39 is 22.4 Å². The summed E-state index contributed by atoms with van der Waals surface area (Å²) in [5.74, 6) is 0. The molecule has 0 amide bonds. The monoisotopic (exact) mass is 330 g/mol. The van der Waals surface area contributed by atoms with Gasteiger partial charge in [0.25, 0.3) is 10.1 Å². The van der Waals surface area contributed by atoms with Crippen LogP contribution < -0.4 is 0 Å². The van der Waals surface area contributed by atoms with E-state index in [2.05, 4.69) is 4.18 Å². The van der Waals surface area contributed by atoms with Crippen LogP contribution in [0.3, 0.4) is 0 Å². The highest BCUT2D eigenvalue weighted by atomic mass is 32.2. The third kappa shape index (κ3) is 3.86. The standard InChI is InChI=1S/C15H13F3O3S/c1-11-7-9-13(10-8-11)22(19,20)21-14(15(16,17)18)12-5-3-2-4-6-12/h2-10,14H,1H3. The minimum absolute atomic E-state index is 0.273. The van der Waals surface area contributed by atoms with Crippen LogP contribution in [-0.2, 0) is 14.3 Å². The van der Waals surface area contributed by atoms with E-state index in [0.717, 1.165) is 5.56 Å². The smallest absolute Gasteiger partial charge is 0.248 e. The normalized spacial score (nSPS) is 13.8. The molecule has 0 aromatic heterocycles. The summed E-state index contributed by atoms with van der Waals surface area (Å²) in [4.78, 5) is -0.316. The molecular weight excluding hydrogens is 317 g/mol. The van der Waals surface area contributed by atoms with Gasteiger partial charge in [0.05, 0.1) is 4.90 Å². The van der Waals surface area contributed by atoms with Crippen molar-refractivity contribution in [2.24, 2.45) is 0 Å². The molecule has 7 heteroatoms. The number of hydrogen-bond acceptors (Lipinski definition) is 3. The van der Waals surface area contributed by atoms with Gasteiger partial charge in [-0.3, -0.25) is 0 Å². The average Bonchev–Trinajstić information content (AvgIpc) is 2.45. The molecule has 118 valence electrons. The van der Waals surface area contributed by atoms with Crippen LogP contribution in [0.5, 0.6) is 0 Å². The summed E-state index contributed by atoms with van der Waals surface area (Å²) in [6.45, 7) is 1.74. The maximum absolute atomic E-state index is 13.1. The summed E-state index contributed by atoms with van der Waals surface area (Å²) in [6, 6.07) is 12.0. The molecule has 0 bridgehead atoms. The summed E-state index contributed by atoms with van der Waals surface area (Å²) in [6.07, 6.45) is -7.39. The van der Waals surface area contributed by atoms with Crippen molar-refractivity contribution in [1.29, 1.82) is 0 Å². The molecule has 0 saturated heterocycles. The Labute approximate surface area is 126 Å². The lowest BCUT2D eigenvalue weighted by atomic mass is 10.1. The van der Waals surface area contributed by atoms with E-state index in [4.69, 9.17) is 0 Å². The van der Waals surface area contributed by atoms with Gasteiger partial charge in [-0.1, -0.05) is 48.0 Å². The van der Waals surface area contributed by atoms with Crippen LogP contribution in [0.4, 0.5) is 13.2 Å². The Morgan fingerprint density at radius 1 is 0.955 bits per heavy atom. The van der Waals surface area contributed by atoms with Crippen LogP contribution in [0.2, 0.25) is 0 Å². The topological polar surface area (TPSA) is 43.4 Å². The lowest BCUT2D eigenvalue weighted by Crippen LogP contribution is -2.26. The average molecular weight is 330 g/mol. The summed E-state index contributed by atoms with van der Waals surface area (Å²) in [5, 5.41) is 0. The van der Waals surface area contributed by atoms with Gasteiger partial charge >= 0.3 is 6.18 Å². The zero-order valence-electron chi connectivity index (χ0n) is 11.5. The number of halogens is 3. The van der Waals surface area contributed by atoms with Crippen LogP contribution in [0.25, 0.3) is 0 Å². The van der Waals surface area contributed by atoms with Crippen molar-refractivity contribution >= 4 is 10.1 Å². The van der Waals surface area contributed by atoms with Gasteiger partial charge in [0.2, 0.25) is 0 Å². The fraction of sp³-hybridized carbons (Fsp3) is 0.200. The lowest BCUT2D eigenvalue weighted by molar-refractivity contribution is -0.196. The highest BCUT2D eigenvalue weighted by Gasteiger charge is 2.45. The van der Waals surface area contributed by atoms with Crippen molar-refractivity contribution in [3.63, 3.8) is 0 Å². The predicted octanol–water partition coefficient (Wildman–Crippen LogP) is 4.00. The number of rotatable bonds is 4. The first-order valence-electron chi connectivity index (χ1n) is 6.32. The van der Waals surface area contributed by atoms with Crippen LogP contribution in [-0.4, -0.2) is 14.6 Å². The first-order chi connectivity index (χ1) is 10.2. The molecule has 2 rings (SSSR count). The highest BCUT2D eigenvalue weighted by Crippen LogP contribution is 2.38. The van der Waals surface area contributed by atoms with Gasteiger partial charge in [-0.15, -0.1) is 0 Å². The highest BCUT2D eigenvalue weighted by molar-refractivity contribution is 7.86. The summed E-state index contributed by atoms with van der Waals surface area (Å²) < 4.78 is 67.9. The molecule has 0 aliphatic rings. The second-order valence-corrected chi connectivity index (χ2v) is 6.27. The second kappa shape index (κ2) is 6.10. The first-order valence-corrected chi connectivity index (χ1v) is 7.72. The molecule has 0 aliphatic carbocycles. The molecule has 0 heterocycles. The van der Waals surface area contributed by atoms with Crippen molar-refractivity contribution in [2.45, 2.75) is 24.1 Å². The van der Waals surface area contributed by atoms with E-state index in [1.807, 2.05) is 0 Å². The quantitative estimate of drug-likeness (QED) is 0.796. The Morgan fingerprint density at radius 3 is 2.00 bits per heavy atom. The van der Waals surface area contributed by atoms with Crippen molar-refractivity contribution in [3.8, 4) is 0 Å². The first kappa shape index (κ1) is 16.5. The zero-order valence-corrected chi connectivity index (χ0v) is 12.4. The van der Waals surface area contributed by atoms with Crippen LogP contribution in [0, 0.1) is 6.92 Å². The fourth-order valence-electron chi connectivity index (χ4n) is 1.81. The molecule has 3 nitrogen and oxygen atoms in total. The summed E-state index contributed by atoms with van der Waals surface area (Å²) >= 11 is 0. The molecule has 0 saturated carbocycles. The van der Waals surface area contributed by atoms with E-state index in [9.17, 15) is 21.6 Å². The van der Waals surface area contributed by atoms with Gasteiger partial charge in [0.1, 0.15) is 0 Å². The molecule has 0 radical (unpaired) electrons. The molecule has 2 aromatic rings. The Kier molecular flexibility index (Phi) is 4.58. The third-order valence-electron chi connectivity index (χ3n) is 2.93. The van der Waals surface area contributed by atoms with Gasteiger partial charge < -0.3 is 0 Å². The number of aryl methyl sites for hydroxylation is 1. The van der Waals surface area contributed by atoms with E-state index in [1.165, 1.54) is 54.6 Å². The van der Waals surface area contributed by atoms with Crippen molar-refractivity contribution in [2.75, 3.05) is 0 Å². The molecule has 2 aromatic carbocycles. The van der Waals surface area contributed by atoms with Gasteiger partial charge in [0, 0.05) is 0 Å². The van der Waals surface area contributed by atoms with E-state index in [1.54, 1.807) is 6.92 Å². The number of benzene rings is 2. The number of hydrogen-bond donors (Lipinski definition) is 0. The molecule has 0 spiro atoms. The zero-order chi connectivity index (χ0) is 16.4. The molecule has 0 N–H and O–H groups in total. The Balaban J connectivity index is 2.37. The van der Waals surface area contributed by atoms with Gasteiger partial charge in [-0.2, -0.15) is 21.6 Å². The second-order valence-electron chi connectivity index (χ2n) is 4.70. The van der Waals surface area contributed by atoms with Gasteiger partial charge in [-0.25, -0.2) is 4.18 Å². The van der Waals surface area contributed by atoms with Crippen molar-refractivity contribution in [3.05, 3.63) is 65.7 Å². The maximum atomic E-state index is 13.1. The number of alkyl halides is 3. The van der Waals surface area contributed by atoms with Gasteiger partial charge in [0.15, 0.2) is 6.10 Å². The molecule has 0 fully saturated rings. The molecule has 22 heavy (non-hydrogen) atoms.